The third kappa shape index (κ3) is 4.37. The Balaban J connectivity index is 1.53. The van der Waals surface area contributed by atoms with Crippen LogP contribution in [-0.2, 0) is 17.9 Å². The number of fused-ring (bicyclic) bond motifs is 1. The summed E-state index contributed by atoms with van der Waals surface area (Å²) in [5, 5.41) is 2.96. The SMILES string of the molecule is Cc1cccc(C(=O)NCc2nc3ccccc3n2CC(=O)N2CCC(C)CC2)c1. The Morgan fingerprint density at radius 1 is 1.10 bits per heavy atom. The lowest BCUT2D eigenvalue weighted by molar-refractivity contribution is -0.133. The van der Waals surface area contributed by atoms with E-state index in [4.69, 9.17) is 0 Å². The van der Waals surface area contributed by atoms with Crippen molar-refractivity contribution in [2.75, 3.05) is 13.1 Å². The zero-order chi connectivity index (χ0) is 21.1. The summed E-state index contributed by atoms with van der Waals surface area (Å²) in [6.45, 7) is 6.33. The lowest BCUT2D eigenvalue weighted by Crippen LogP contribution is -2.40. The first-order valence-corrected chi connectivity index (χ1v) is 10.6. The van der Waals surface area contributed by atoms with Gasteiger partial charge in [-0.05, 0) is 49.9 Å². The maximum absolute atomic E-state index is 13.0. The van der Waals surface area contributed by atoms with Crippen LogP contribution in [-0.4, -0.2) is 39.4 Å². The van der Waals surface area contributed by atoms with Crippen LogP contribution in [0.1, 0.15) is 41.5 Å². The van der Waals surface area contributed by atoms with E-state index >= 15 is 0 Å². The minimum Gasteiger partial charge on any atom is -0.345 e. The summed E-state index contributed by atoms with van der Waals surface area (Å²) in [5.41, 5.74) is 3.40. The van der Waals surface area contributed by atoms with Crippen molar-refractivity contribution >= 4 is 22.8 Å². The average molecular weight is 405 g/mol. The monoisotopic (exact) mass is 404 g/mol. The molecule has 0 bridgehead atoms. The van der Waals surface area contributed by atoms with E-state index in [0.29, 0.717) is 17.3 Å². The molecular weight excluding hydrogens is 376 g/mol. The molecule has 30 heavy (non-hydrogen) atoms. The molecule has 4 rings (SSSR count). The van der Waals surface area contributed by atoms with Gasteiger partial charge in [0.1, 0.15) is 12.4 Å². The molecule has 0 spiro atoms. The van der Waals surface area contributed by atoms with Gasteiger partial charge < -0.3 is 14.8 Å². The number of nitrogens with one attached hydrogen (secondary N) is 1. The van der Waals surface area contributed by atoms with E-state index in [1.807, 2.05) is 58.9 Å². The molecule has 156 valence electrons. The summed E-state index contributed by atoms with van der Waals surface area (Å²) in [5.74, 6) is 1.33. The highest BCUT2D eigenvalue weighted by molar-refractivity contribution is 5.94. The standard InChI is InChI=1S/C24H28N4O2/c1-17-10-12-27(13-11-17)23(29)16-28-21-9-4-3-8-20(21)26-22(28)15-25-24(30)19-7-5-6-18(2)14-19/h3-9,14,17H,10-13,15-16H2,1-2H3,(H,25,30). The molecule has 0 atom stereocenters. The molecule has 1 aliphatic rings. The number of amides is 2. The predicted molar refractivity (Wildman–Crippen MR) is 117 cm³/mol. The minimum atomic E-state index is -0.145. The van der Waals surface area contributed by atoms with Crippen LogP contribution < -0.4 is 5.32 Å². The van der Waals surface area contributed by atoms with Crippen LogP contribution in [0.5, 0.6) is 0 Å². The van der Waals surface area contributed by atoms with E-state index in [2.05, 4.69) is 17.2 Å². The van der Waals surface area contributed by atoms with Crippen LogP contribution >= 0.6 is 0 Å². The molecule has 2 aromatic carbocycles. The predicted octanol–water partition coefficient (Wildman–Crippen LogP) is 3.53. The molecule has 1 saturated heterocycles. The van der Waals surface area contributed by atoms with Gasteiger partial charge in [0.05, 0.1) is 17.6 Å². The molecule has 1 fully saturated rings. The van der Waals surface area contributed by atoms with Crippen molar-refractivity contribution in [1.82, 2.24) is 19.8 Å². The molecule has 0 aliphatic carbocycles. The molecule has 6 nitrogen and oxygen atoms in total. The van der Waals surface area contributed by atoms with Gasteiger partial charge in [0.15, 0.2) is 0 Å². The molecular formula is C24H28N4O2. The number of piperidine rings is 1. The number of aryl methyl sites for hydroxylation is 1. The van der Waals surface area contributed by atoms with Gasteiger partial charge in [0.25, 0.3) is 5.91 Å². The van der Waals surface area contributed by atoms with Crippen LogP contribution in [0.2, 0.25) is 0 Å². The quantitative estimate of drug-likeness (QED) is 0.707. The topological polar surface area (TPSA) is 67.2 Å². The van der Waals surface area contributed by atoms with E-state index in [9.17, 15) is 9.59 Å². The maximum Gasteiger partial charge on any atom is 0.251 e. The zero-order valence-corrected chi connectivity index (χ0v) is 17.6. The second kappa shape index (κ2) is 8.69. The Bertz CT molecular complexity index is 1060. The number of aromatic nitrogens is 2. The molecule has 0 saturated carbocycles. The summed E-state index contributed by atoms with van der Waals surface area (Å²) in [6.07, 6.45) is 2.10. The van der Waals surface area contributed by atoms with Crippen molar-refractivity contribution in [1.29, 1.82) is 0 Å². The van der Waals surface area contributed by atoms with Gasteiger partial charge in [0.2, 0.25) is 5.91 Å². The molecule has 2 amide bonds. The molecule has 6 heteroatoms. The van der Waals surface area contributed by atoms with Crippen molar-refractivity contribution in [3.8, 4) is 0 Å². The van der Waals surface area contributed by atoms with Gasteiger partial charge in [-0.25, -0.2) is 4.98 Å². The molecule has 1 N–H and O–H groups in total. The maximum atomic E-state index is 13.0. The normalized spacial score (nSPS) is 14.8. The van der Waals surface area contributed by atoms with Gasteiger partial charge in [0, 0.05) is 18.7 Å². The van der Waals surface area contributed by atoms with Gasteiger partial charge in [-0.3, -0.25) is 9.59 Å². The third-order valence-corrected chi connectivity index (χ3v) is 5.85. The van der Waals surface area contributed by atoms with Crippen molar-refractivity contribution in [3.05, 3.63) is 65.5 Å². The summed E-state index contributed by atoms with van der Waals surface area (Å²) in [4.78, 5) is 32.2. The average Bonchev–Trinajstić information content (AvgIpc) is 3.10. The molecule has 0 radical (unpaired) electrons. The number of hydrogen-bond acceptors (Lipinski definition) is 3. The lowest BCUT2D eigenvalue weighted by Gasteiger charge is -2.30. The van der Waals surface area contributed by atoms with E-state index < -0.39 is 0 Å². The number of nitrogens with zero attached hydrogens (tertiary/aromatic N) is 3. The van der Waals surface area contributed by atoms with Gasteiger partial charge in [-0.1, -0.05) is 36.8 Å². The number of para-hydroxylation sites is 2. The molecule has 1 aromatic heterocycles. The zero-order valence-electron chi connectivity index (χ0n) is 17.6. The van der Waals surface area contributed by atoms with Crippen molar-refractivity contribution in [2.24, 2.45) is 5.92 Å². The number of hydrogen-bond donors (Lipinski definition) is 1. The largest absolute Gasteiger partial charge is 0.345 e. The Hall–Kier alpha value is -3.15. The number of likely N-dealkylation sites (tertiary alicyclic amines) is 1. The number of carbonyl (C=O) groups excluding carboxylic acids is 2. The number of rotatable bonds is 5. The highest BCUT2D eigenvalue weighted by Gasteiger charge is 2.22. The summed E-state index contributed by atoms with van der Waals surface area (Å²) >= 11 is 0. The van der Waals surface area contributed by atoms with Gasteiger partial charge >= 0.3 is 0 Å². The molecule has 1 aliphatic heterocycles. The first-order chi connectivity index (χ1) is 14.5. The van der Waals surface area contributed by atoms with E-state index in [0.717, 1.165) is 42.5 Å². The Kier molecular flexibility index (Phi) is 5.84. The second-order valence-corrected chi connectivity index (χ2v) is 8.22. The number of benzene rings is 2. The van der Waals surface area contributed by atoms with Gasteiger partial charge in [-0.2, -0.15) is 0 Å². The fraction of sp³-hybridized carbons (Fsp3) is 0.375. The van der Waals surface area contributed by atoms with E-state index in [1.54, 1.807) is 6.07 Å². The van der Waals surface area contributed by atoms with Crippen LogP contribution in [0.15, 0.2) is 48.5 Å². The lowest BCUT2D eigenvalue weighted by atomic mass is 9.99. The Labute approximate surface area is 176 Å². The van der Waals surface area contributed by atoms with Crippen LogP contribution in [0, 0.1) is 12.8 Å². The Morgan fingerprint density at radius 2 is 1.87 bits per heavy atom. The van der Waals surface area contributed by atoms with E-state index in [1.165, 1.54) is 0 Å². The number of imidazole rings is 1. The first kappa shape index (κ1) is 20.1. The van der Waals surface area contributed by atoms with Crippen LogP contribution in [0.4, 0.5) is 0 Å². The molecule has 3 aromatic rings. The highest BCUT2D eigenvalue weighted by Crippen LogP contribution is 2.19. The van der Waals surface area contributed by atoms with Crippen molar-refractivity contribution in [3.63, 3.8) is 0 Å². The van der Waals surface area contributed by atoms with Crippen LogP contribution in [0.25, 0.3) is 11.0 Å². The van der Waals surface area contributed by atoms with Crippen molar-refractivity contribution in [2.45, 2.75) is 39.8 Å². The van der Waals surface area contributed by atoms with Gasteiger partial charge in [-0.15, -0.1) is 0 Å². The first-order valence-electron chi connectivity index (χ1n) is 10.6. The fourth-order valence-electron chi connectivity index (χ4n) is 3.98. The fourth-order valence-corrected chi connectivity index (χ4v) is 3.98. The van der Waals surface area contributed by atoms with E-state index in [-0.39, 0.29) is 24.9 Å². The summed E-state index contributed by atoms with van der Waals surface area (Å²) in [6, 6.07) is 15.3. The smallest absolute Gasteiger partial charge is 0.251 e. The Morgan fingerprint density at radius 3 is 2.63 bits per heavy atom. The van der Waals surface area contributed by atoms with Crippen molar-refractivity contribution < 1.29 is 9.59 Å². The molecule has 0 unspecified atom stereocenters. The van der Waals surface area contributed by atoms with Crippen LogP contribution in [0.3, 0.4) is 0 Å². The number of carbonyl (C=O) groups is 2. The summed E-state index contributed by atoms with van der Waals surface area (Å²) in [7, 11) is 0. The summed E-state index contributed by atoms with van der Waals surface area (Å²) < 4.78 is 1.94. The minimum absolute atomic E-state index is 0.108. The second-order valence-electron chi connectivity index (χ2n) is 8.22. The third-order valence-electron chi connectivity index (χ3n) is 5.85. The highest BCUT2D eigenvalue weighted by atomic mass is 16.2. The molecule has 2 heterocycles.